The van der Waals surface area contributed by atoms with Crippen LogP contribution in [0.2, 0.25) is 0 Å². The van der Waals surface area contributed by atoms with Gasteiger partial charge >= 0.3 is 6.03 Å². The number of rotatable bonds is 3. The van der Waals surface area contributed by atoms with Crippen molar-refractivity contribution in [3.63, 3.8) is 0 Å². The number of nitrogens with zero attached hydrogens (tertiary/aromatic N) is 1. The van der Waals surface area contributed by atoms with Gasteiger partial charge in [0.2, 0.25) is 0 Å². The van der Waals surface area contributed by atoms with E-state index < -0.39 is 0 Å². The summed E-state index contributed by atoms with van der Waals surface area (Å²) in [5.74, 6) is 0. The largest absolute Gasteiger partial charge is 0.392 e. The van der Waals surface area contributed by atoms with Gasteiger partial charge in [-0.25, -0.2) is 4.79 Å². The van der Waals surface area contributed by atoms with E-state index in [-0.39, 0.29) is 12.6 Å². The smallest absolute Gasteiger partial charge is 0.321 e. The predicted octanol–water partition coefficient (Wildman–Crippen LogP) is 1.79. The number of carbonyl (C=O) groups is 1. The van der Waals surface area contributed by atoms with Crippen LogP contribution in [0.3, 0.4) is 0 Å². The van der Waals surface area contributed by atoms with Crippen LogP contribution in [0, 0.1) is 0 Å². The summed E-state index contributed by atoms with van der Waals surface area (Å²) in [6.07, 6.45) is 3.44. The molecule has 0 fully saturated rings. The van der Waals surface area contributed by atoms with Gasteiger partial charge in [0.05, 0.1) is 6.61 Å². The van der Waals surface area contributed by atoms with Gasteiger partial charge in [-0.2, -0.15) is 0 Å². The Bertz CT molecular complexity index is 386. The average Bonchev–Trinajstić information content (AvgIpc) is 2.26. The lowest BCUT2D eigenvalue weighted by Gasteiger charge is -2.12. The minimum Gasteiger partial charge on any atom is -0.392 e. The van der Waals surface area contributed by atoms with Crippen molar-refractivity contribution in [2.24, 2.45) is 0 Å². The van der Waals surface area contributed by atoms with E-state index in [9.17, 15) is 4.79 Å². The highest BCUT2D eigenvalue weighted by molar-refractivity contribution is 5.89. The molecule has 1 rings (SSSR count). The quantitative estimate of drug-likeness (QED) is 0.816. The Morgan fingerprint density at radius 2 is 2.25 bits per heavy atom. The maximum Gasteiger partial charge on any atom is 0.321 e. The van der Waals surface area contributed by atoms with Gasteiger partial charge in [0.25, 0.3) is 0 Å². The summed E-state index contributed by atoms with van der Waals surface area (Å²) in [6, 6.07) is 7.24. The number of hydrogen-bond acceptors (Lipinski definition) is 2. The highest BCUT2D eigenvalue weighted by atomic mass is 16.2. The fourth-order valence-electron chi connectivity index (χ4n) is 1.14. The zero-order chi connectivity index (χ0) is 12.0. The molecule has 0 unspecified atom stereocenters. The summed E-state index contributed by atoms with van der Waals surface area (Å²) in [6.45, 7) is 0.00822. The Labute approximate surface area is 95.2 Å². The standard InChI is InChI=1S/C12H16N2O2/c1-14(2)12(16)13-11-7-3-5-10(9-11)6-4-8-15/h3-7,9,15H,8H2,1-2H3,(H,13,16)/b6-4+. The number of amides is 2. The van der Waals surface area contributed by atoms with Crippen LogP contribution in [0.4, 0.5) is 10.5 Å². The first-order valence-electron chi connectivity index (χ1n) is 4.99. The van der Waals surface area contributed by atoms with Gasteiger partial charge in [0.15, 0.2) is 0 Å². The van der Waals surface area contributed by atoms with Gasteiger partial charge in [0, 0.05) is 19.8 Å². The molecule has 2 N–H and O–H groups in total. The van der Waals surface area contributed by atoms with E-state index in [2.05, 4.69) is 5.32 Å². The van der Waals surface area contributed by atoms with Gasteiger partial charge in [-0.05, 0) is 17.7 Å². The Morgan fingerprint density at radius 1 is 1.50 bits per heavy atom. The topological polar surface area (TPSA) is 52.6 Å². The monoisotopic (exact) mass is 220 g/mol. The van der Waals surface area contributed by atoms with Gasteiger partial charge in [-0.1, -0.05) is 24.3 Å². The second-order valence-electron chi connectivity index (χ2n) is 3.53. The van der Waals surface area contributed by atoms with E-state index >= 15 is 0 Å². The van der Waals surface area contributed by atoms with E-state index in [0.29, 0.717) is 0 Å². The van der Waals surface area contributed by atoms with Gasteiger partial charge in [-0.3, -0.25) is 0 Å². The molecule has 0 heterocycles. The summed E-state index contributed by atoms with van der Waals surface area (Å²) >= 11 is 0. The Morgan fingerprint density at radius 3 is 2.88 bits per heavy atom. The average molecular weight is 220 g/mol. The highest BCUT2D eigenvalue weighted by Gasteiger charge is 2.03. The van der Waals surface area contributed by atoms with Gasteiger partial charge in [0.1, 0.15) is 0 Å². The number of carbonyl (C=O) groups excluding carboxylic acids is 1. The SMILES string of the molecule is CN(C)C(=O)Nc1cccc(/C=C/CO)c1. The number of aliphatic hydroxyl groups is 1. The second-order valence-corrected chi connectivity index (χ2v) is 3.53. The van der Waals surface area contributed by atoms with E-state index in [1.807, 2.05) is 24.3 Å². The van der Waals surface area contributed by atoms with E-state index in [1.54, 1.807) is 26.2 Å². The van der Waals surface area contributed by atoms with Crippen LogP contribution in [0.15, 0.2) is 30.3 Å². The fraction of sp³-hybridized carbons (Fsp3) is 0.250. The lowest BCUT2D eigenvalue weighted by Crippen LogP contribution is -2.27. The Hall–Kier alpha value is -1.81. The molecular weight excluding hydrogens is 204 g/mol. The van der Waals surface area contributed by atoms with Crippen LogP contribution in [-0.2, 0) is 0 Å². The maximum absolute atomic E-state index is 11.4. The number of nitrogens with one attached hydrogen (secondary N) is 1. The van der Waals surface area contributed by atoms with E-state index in [0.717, 1.165) is 11.3 Å². The third kappa shape index (κ3) is 3.74. The summed E-state index contributed by atoms with van der Waals surface area (Å²) < 4.78 is 0. The molecule has 86 valence electrons. The molecule has 4 heteroatoms. The lowest BCUT2D eigenvalue weighted by molar-refractivity contribution is 0.230. The lowest BCUT2D eigenvalue weighted by atomic mass is 10.2. The Kier molecular flexibility index (Phi) is 4.54. The summed E-state index contributed by atoms with van der Waals surface area (Å²) in [5.41, 5.74) is 1.67. The molecule has 0 saturated heterocycles. The van der Waals surface area contributed by atoms with Crippen molar-refractivity contribution in [1.82, 2.24) is 4.90 Å². The fourth-order valence-corrected chi connectivity index (χ4v) is 1.14. The van der Waals surface area contributed by atoms with Crippen LogP contribution in [0.25, 0.3) is 6.08 Å². The minimum atomic E-state index is -0.164. The highest BCUT2D eigenvalue weighted by Crippen LogP contribution is 2.12. The summed E-state index contributed by atoms with van der Waals surface area (Å²) in [4.78, 5) is 12.9. The van der Waals surface area contributed by atoms with Crippen LogP contribution >= 0.6 is 0 Å². The van der Waals surface area contributed by atoms with Gasteiger partial charge in [-0.15, -0.1) is 0 Å². The molecule has 0 aliphatic heterocycles. The first-order chi connectivity index (χ1) is 7.63. The van der Waals surface area contributed by atoms with Crippen LogP contribution in [0.1, 0.15) is 5.56 Å². The molecule has 0 aromatic heterocycles. The first-order valence-corrected chi connectivity index (χ1v) is 4.99. The molecule has 0 radical (unpaired) electrons. The second kappa shape index (κ2) is 5.92. The summed E-state index contributed by atoms with van der Waals surface area (Å²) in [5, 5.41) is 11.4. The zero-order valence-corrected chi connectivity index (χ0v) is 9.47. The number of benzene rings is 1. The molecule has 0 bridgehead atoms. The van der Waals surface area contributed by atoms with Crippen LogP contribution in [-0.4, -0.2) is 36.7 Å². The van der Waals surface area contributed by atoms with Crippen molar-refractivity contribution < 1.29 is 9.90 Å². The number of anilines is 1. The molecule has 0 aliphatic carbocycles. The number of hydrogen-bond donors (Lipinski definition) is 2. The molecular formula is C12H16N2O2. The molecule has 1 aromatic carbocycles. The Balaban J connectivity index is 2.74. The third-order valence-electron chi connectivity index (χ3n) is 1.96. The predicted molar refractivity (Wildman–Crippen MR) is 65.3 cm³/mol. The molecule has 2 amide bonds. The first kappa shape index (κ1) is 12.3. The maximum atomic E-state index is 11.4. The number of urea groups is 1. The van der Waals surface area contributed by atoms with Crippen molar-refractivity contribution >= 4 is 17.8 Å². The van der Waals surface area contributed by atoms with Crippen molar-refractivity contribution in [3.8, 4) is 0 Å². The summed E-state index contributed by atoms with van der Waals surface area (Å²) in [7, 11) is 3.37. The van der Waals surface area contributed by atoms with E-state index in [4.69, 9.17) is 5.11 Å². The molecule has 0 saturated carbocycles. The minimum absolute atomic E-state index is 0.00822. The third-order valence-corrected chi connectivity index (χ3v) is 1.96. The molecule has 0 spiro atoms. The van der Waals surface area contributed by atoms with Crippen LogP contribution in [0.5, 0.6) is 0 Å². The molecule has 16 heavy (non-hydrogen) atoms. The van der Waals surface area contributed by atoms with E-state index in [1.165, 1.54) is 4.90 Å². The van der Waals surface area contributed by atoms with Crippen molar-refractivity contribution in [3.05, 3.63) is 35.9 Å². The van der Waals surface area contributed by atoms with Crippen molar-refractivity contribution in [2.45, 2.75) is 0 Å². The van der Waals surface area contributed by atoms with Crippen molar-refractivity contribution in [2.75, 3.05) is 26.0 Å². The molecule has 1 aromatic rings. The molecule has 0 atom stereocenters. The number of aliphatic hydroxyl groups excluding tert-OH is 1. The molecule has 4 nitrogen and oxygen atoms in total. The van der Waals surface area contributed by atoms with Crippen molar-refractivity contribution in [1.29, 1.82) is 0 Å². The van der Waals surface area contributed by atoms with Gasteiger partial charge < -0.3 is 15.3 Å². The normalized spacial score (nSPS) is 10.4. The van der Waals surface area contributed by atoms with Crippen LogP contribution < -0.4 is 5.32 Å². The zero-order valence-electron chi connectivity index (χ0n) is 9.47. The molecule has 0 aliphatic rings.